The molecule has 7 heteroatoms. The van der Waals surface area contributed by atoms with Gasteiger partial charge in [0, 0.05) is 24.1 Å². The Hall–Kier alpha value is -2.70. The number of benzene rings is 1. The number of fused-ring (bicyclic) bond motifs is 1. The summed E-state index contributed by atoms with van der Waals surface area (Å²) in [6, 6.07) is 5.89. The number of ether oxygens (including phenoxy) is 2. The number of esters is 1. The third kappa shape index (κ3) is 4.04. The minimum absolute atomic E-state index is 0.198. The monoisotopic (exact) mass is 342 g/mol. The van der Waals surface area contributed by atoms with Crippen molar-refractivity contribution in [2.45, 2.75) is 45.8 Å². The number of aryl methyl sites for hydroxylation is 1. The summed E-state index contributed by atoms with van der Waals surface area (Å²) in [4.78, 5) is 11.4. The predicted octanol–water partition coefficient (Wildman–Crippen LogP) is 2.87. The Morgan fingerprint density at radius 2 is 2.20 bits per heavy atom. The Morgan fingerprint density at radius 3 is 3.00 bits per heavy atom. The maximum Gasteiger partial charge on any atom is 0.305 e. The van der Waals surface area contributed by atoms with E-state index < -0.39 is 0 Å². The number of hydrogen-bond donors (Lipinski definition) is 0. The van der Waals surface area contributed by atoms with Gasteiger partial charge in [0.05, 0.1) is 6.61 Å². The lowest BCUT2D eigenvalue weighted by atomic mass is 10.0. The maximum atomic E-state index is 11.4. The Balaban J connectivity index is 1.73. The highest BCUT2D eigenvalue weighted by atomic mass is 16.5. The maximum absolute atomic E-state index is 11.4. The van der Waals surface area contributed by atoms with Crippen LogP contribution in [0.3, 0.4) is 0 Å². The van der Waals surface area contributed by atoms with E-state index in [-0.39, 0.29) is 11.6 Å². The van der Waals surface area contributed by atoms with Gasteiger partial charge < -0.3 is 9.47 Å². The second-order valence-electron chi connectivity index (χ2n) is 6.43. The van der Waals surface area contributed by atoms with E-state index in [9.17, 15) is 4.79 Å². The molecule has 0 atom stereocenters. The van der Waals surface area contributed by atoms with Gasteiger partial charge in [-0.3, -0.25) is 4.79 Å². The van der Waals surface area contributed by atoms with Crippen LogP contribution in [0.15, 0.2) is 24.3 Å². The lowest BCUT2D eigenvalue weighted by molar-refractivity contribution is -0.143. The summed E-state index contributed by atoms with van der Waals surface area (Å²) in [7, 11) is 0. The van der Waals surface area contributed by atoms with Crippen LogP contribution in [0.1, 0.15) is 39.2 Å². The van der Waals surface area contributed by atoms with Crippen molar-refractivity contribution in [2.75, 3.05) is 6.61 Å². The van der Waals surface area contributed by atoms with E-state index in [4.69, 9.17) is 9.47 Å². The average molecular weight is 342 g/mol. The van der Waals surface area contributed by atoms with E-state index in [1.54, 1.807) is 11.6 Å². The molecule has 0 fully saturated rings. The number of rotatable bonds is 6. The number of carbonyl (C=O) groups is 1. The van der Waals surface area contributed by atoms with E-state index >= 15 is 0 Å². The van der Waals surface area contributed by atoms with Gasteiger partial charge in [-0.25, -0.2) is 4.68 Å². The highest BCUT2D eigenvalue weighted by molar-refractivity contribution is 5.69. The van der Waals surface area contributed by atoms with Crippen molar-refractivity contribution in [2.24, 2.45) is 0 Å². The molecule has 2 aromatic rings. The van der Waals surface area contributed by atoms with Crippen LogP contribution in [0.25, 0.3) is 17.5 Å². The molecule has 0 radical (unpaired) electrons. The Bertz CT molecular complexity index is 795. The molecule has 0 unspecified atom stereocenters. The molecular weight excluding hydrogens is 320 g/mol. The van der Waals surface area contributed by atoms with E-state index in [1.165, 1.54) is 0 Å². The Labute approximate surface area is 146 Å². The summed E-state index contributed by atoms with van der Waals surface area (Å²) in [5.41, 5.74) is 1.61. The Kier molecular flexibility index (Phi) is 4.83. The van der Waals surface area contributed by atoms with Gasteiger partial charge in [0.15, 0.2) is 5.82 Å². The van der Waals surface area contributed by atoms with Gasteiger partial charge in [-0.2, -0.15) is 0 Å². The van der Waals surface area contributed by atoms with Gasteiger partial charge >= 0.3 is 5.97 Å². The van der Waals surface area contributed by atoms with Crippen molar-refractivity contribution in [1.29, 1.82) is 0 Å². The largest absolute Gasteiger partial charge is 0.483 e. The molecule has 2 heterocycles. The number of carbonyl (C=O) groups excluding carboxylic acids is 1. The molecule has 0 amide bonds. The molecule has 1 aliphatic heterocycles. The Morgan fingerprint density at radius 1 is 1.36 bits per heavy atom. The van der Waals surface area contributed by atoms with E-state index in [2.05, 4.69) is 21.6 Å². The molecule has 1 aromatic heterocycles. The molecule has 0 bridgehead atoms. The fourth-order valence-corrected chi connectivity index (χ4v) is 2.69. The zero-order chi connectivity index (χ0) is 17.9. The van der Waals surface area contributed by atoms with Crippen molar-refractivity contribution in [3.63, 3.8) is 0 Å². The van der Waals surface area contributed by atoms with Crippen LogP contribution < -0.4 is 4.74 Å². The van der Waals surface area contributed by atoms with Crippen molar-refractivity contribution < 1.29 is 14.3 Å². The first-order valence-corrected chi connectivity index (χ1v) is 8.43. The number of nitrogens with zero attached hydrogens (tertiary/aromatic N) is 4. The molecule has 0 N–H and O–H groups in total. The molecule has 0 saturated heterocycles. The zero-order valence-corrected chi connectivity index (χ0v) is 14.7. The highest BCUT2D eigenvalue weighted by Crippen LogP contribution is 2.33. The molecule has 0 saturated carbocycles. The fraction of sp³-hybridized carbons (Fsp3) is 0.444. The second kappa shape index (κ2) is 7.04. The molecule has 132 valence electrons. The summed E-state index contributed by atoms with van der Waals surface area (Å²) in [6.07, 6.45) is 5.06. The van der Waals surface area contributed by atoms with E-state index in [1.807, 2.05) is 38.1 Å². The summed E-state index contributed by atoms with van der Waals surface area (Å²) in [5.74, 6) is 1.32. The minimum atomic E-state index is -0.302. The van der Waals surface area contributed by atoms with Gasteiger partial charge in [0.25, 0.3) is 0 Å². The molecular formula is C18H22N4O3. The molecule has 3 rings (SSSR count). The van der Waals surface area contributed by atoms with Gasteiger partial charge in [-0.15, -0.1) is 5.10 Å². The van der Waals surface area contributed by atoms with Crippen molar-refractivity contribution in [3.05, 3.63) is 29.8 Å². The SMILES string of the molecule is CCOC(=O)CCCn1nnnc1-c1ccc2c(c1)C=CC(C)(C)O2. The zero-order valence-electron chi connectivity index (χ0n) is 14.7. The number of aromatic nitrogens is 4. The number of hydrogen-bond acceptors (Lipinski definition) is 6. The molecule has 7 nitrogen and oxygen atoms in total. The van der Waals surface area contributed by atoms with E-state index in [0.717, 1.165) is 16.9 Å². The van der Waals surface area contributed by atoms with Crippen LogP contribution in [0.5, 0.6) is 5.75 Å². The molecule has 0 aliphatic carbocycles. The van der Waals surface area contributed by atoms with Crippen molar-refractivity contribution in [1.82, 2.24) is 20.2 Å². The first-order valence-electron chi connectivity index (χ1n) is 8.43. The third-order valence-electron chi connectivity index (χ3n) is 3.89. The average Bonchev–Trinajstić information content (AvgIpc) is 3.02. The lowest BCUT2D eigenvalue weighted by Crippen LogP contribution is -2.27. The lowest BCUT2D eigenvalue weighted by Gasteiger charge is -2.27. The van der Waals surface area contributed by atoms with Crippen LogP contribution in [0.2, 0.25) is 0 Å². The standard InChI is InChI=1S/C18H22N4O3/c1-4-24-16(23)6-5-11-22-17(19-20-21-22)14-7-8-15-13(12-14)9-10-18(2,3)25-15/h7-10,12H,4-6,11H2,1-3H3. The van der Waals surface area contributed by atoms with Gasteiger partial charge in [-0.05, 0) is 61.9 Å². The van der Waals surface area contributed by atoms with E-state index in [0.29, 0.717) is 31.8 Å². The normalized spacial score (nSPS) is 14.7. The van der Waals surface area contributed by atoms with Gasteiger partial charge in [0.1, 0.15) is 11.4 Å². The van der Waals surface area contributed by atoms with Crippen LogP contribution in [0, 0.1) is 0 Å². The summed E-state index contributed by atoms with van der Waals surface area (Å²) >= 11 is 0. The smallest absolute Gasteiger partial charge is 0.305 e. The molecule has 1 aromatic carbocycles. The quantitative estimate of drug-likeness (QED) is 0.751. The van der Waals surface area contributed by atoms with Crippen LogP contribution in [-0.2, 0) is 16.1 Å². The summed E-state index contributed by atoms with van der Waals surface area (Å²) in [5, 5.41) is 11.9. The van der Waals surface area contributed by atoms with Crippen LogP contribution in [0.4, 0.5) is 0 Å². The first-order chi connectivity index (χ1) is 12.0. The molecule has 0 spiro atoms. The van der Waals surface area contributed by atoms with Crippen molar-refractivity contribution in [3.8, 4) is 17.1 Å². The summed E-state index contributed by atoms with van der Waals surface area (Å²) in [6.45, 7) is 6.79. The second-order valence-corrected chi connectivity index (χ2v) is 6.43. The van der Waals surface area contributed by atoms with Gasteiger partial charge in [-0.1, -0.05) is 6.08 Å². The van der Waals surface area contributed by atoms with Crippen LogP contribution >= 0.6 is 0 Å². The summed E-state index contributed by atoms with van der Waals surface area (Å²) < 4.78 is 12.6. The third-order valence-corrected chi connectivity index (χ3v) is 3.89. The molecule has 25 heavy (non-hydrogen) atoms. The van der Waals surface area contributed by atoms with Crippen molar-refractivity contribution >= 4 is 12.0 Å². The predicted molar refractivity (Wildman–Crippen MR) is 92.9 cm³/mol. The number of tetrazole rings is 1. The topological polar surface area (TPSA) is 79.1 Å². The fourth-order valence-electron chi connectivity index (χ4n) is 2.69. The van der Waals surface area contributed by atoms with Gasteiger partial charge in [0.2, 0.25) is 0 Å². The minimum Gasteiger partial charge on any atom is -0.483 e. The van der Waals surface area contributed by atoms with Crippen LogP contribution in [-0.4, -0.2) is 38.4 Å². The molecule has 1 aliphatic rings. The highest BCUT2D eigenvalue weighted by Gasteiger charge is 2.22. The first kappa shape index (κ1) is 17.1.